The highest BCUT2D eigenvalue weighted by atomic mass is 32.2. The maximum atomic E-state index is 13.1. The van der Waals surface area contributed by atoms with Crippen LogP contribution in [0.25, 0.3) is 0 Å². The largest absolute Gasteiger partial charge is 0.379 e. The summed E-state index contributed by atoms with van der Waals surface area (Å²) in [7, 11) is -2.02. The summed E-state index contributed by atoms with van der Waals surface area (Å²) >= 11 is 0. The van der Waals surface area contributed by atoms with Crippen LogP contribution >= 0.6 is 0 Å². The first kappa shape index (κ1) is 21.7. The van der Waals surface area contributed by atoms with Gasteiger partial charge in [-0.1, -0.05) is 24.4 Å². The molecule has 0 unspecified atom stereocenters. The van der Waals surface area contributed by atoms with Gasteiger partial charge in [0.2, 0.25) is 5.91 Å². The van der Waals surface area contributed by atoms with Gasteiger partial charge in [0.05, 0.1) is 24.3 Å². The molecule has 10 heteroatoms. The van der Waals surface area contributed by atoms with Crippen LogP contribution < -0.4 is 5.32 Å². The molecule has 1 saturated carbocycles. The molecule has 2 aliphatic heterocycles. The standard InChI is InChI=1S/C20H32N4O5S/c1-21-19(25)20(14-17-13-18(22-29-17)16-5-3-2-4-6-16)7-8-24(15-20)30(26,27)23-9-11-28-12-10-23/h13,16H,2-12,14-15H2,1H3,(H,21,25)/t20-/m0/s1. The molecule has 0 bridgehead atoms. The maximum Gasteiger partial charge on any atom is 0.282 e. The number of aromatic nitrogens is 1. The van der Waals surface area contributed by atoms with Gasteiger partial charge in [0, 0.05) is 51.6 Å². The summed E-state index contributed by atoms with van der Waals surface area (Å²) in [6.07, 6.45) is 6.74. The van der Waals surface area contributed by atoms with Crippen molar-refractivity contribution in [3.05, 3.63) is 17.5 Å². The van der Waals surface area contributed by atoms with E-state index in [1.807, 2.05) is 6.07 Å². The molecule has 30 heavy (non-hydrogen) atoms. The molecule has 3 fully saturated rings. The minimum absolute atomic E-state index is 0.145. The molecule has 1 aromatic rings. The van der Waals surface area contributed by atoms with Gasteiger partial charge in [-0.2, -0.15) is 17.0 Å². The van der Waals surface area contributed by atoms with Crippen molar-refractivity contribution >= 4 is 16.1 Å². The fourth-order valence-electron chi connectivity index (χ4n) is 4.98. The number of carbonyl (C=O) groups is 1. The van der Waals surface area contributed by atoms with Gasteiger partial charge in [-0.15, -0.1) is 0 Å². The van der Waals surface area contributed by atoms with Crippen molar-refractivity contribution in [3.8, 4) is 0 Å². The van der Waals surface area contributed by atoms with E-state index in [9.17, 15) is 13.2 Å². The van der Waals surface area contributed by atoms with Crippen LogP contribution in [-0.2, 0) is 26.2 Å². The van der Waals surface area contributed by atoms with Gasteiger partial charge in [-0.3, -0.25) is 4.79 Å². The summed E-state index contributed by atoms with van der Waals surface area (Å²) in [5.41, 5.74) is 0.116. The molecule has 1 aromatic heterocycles. The van der Waals surface area contributed by atoms with Gasteiger partial charge in [-0.25, -0.2) is 0 Å². The zero-order chi connectivity index (χ0) is 21.2. The molecular formula is C20H32N4O5S. The smallest absolute Gasteiger partial charge is 0.282 e. The fraction of sp³-hybridized carbons (Fsp3) is 0.800. The lowest BCUT2D eigenvalue weighted by Crippen LogP contribution is -2.50. The molecule has 1 atom stereocenters. The summed E-state index contributed by atoms with van der Waals surface area (Å²) in [6, 6.07) is 1.97. The first-order valence-corrected chi connectivity index (χ1v) is 12.3. The number of hydrogen-bond donors (Lipinski definition) is 1. The topological polar surface area (TPSA) is 105 Å². The van der Waals surface area contributed by atoms with E-state index in [1.54, 1.807) is 7.05 Å². The van der Waals surface area contributed by atoms with Gasteiger partial charge < -0.3 is 14.6 Å². The quantitative estimate of drug-likeness (QED) is 0.715. The number of carbonyl (C=O) groups excluding carboxylic acids is 1. The van der Waals surface area contributed by atoms with E-state index in [4.69, 9.17) is 9.26 Å². The van der Waals surface area contributed by atoms with Crippen molar-refractivity contribution in [1.29, 1.82) is 0 Å². The highest BCUT2D eigenvalue weighted by molar-refractivity contribution is 7.86. The van der Waals surface area contributed by atoms with Crippen LogP contribution in [0.4, 0.5) is 0 Å². The van der Waals surface area contributed by atoms with Crippen molar-refractivity contribution in [2.24, 2.45) is 5.41 Å². The Kier molecular flexibility index (Phi) is 6.47. The number of nitrogens with one attached hydrogen (secondary N) is 1. The van der Waals surface area contributed by atoms with E-state index >= 15 is 0 Å². The molecule has 1 amide bonds. The van der Waals surface area contributed by atoms with E-state index in [1.165, 1.54) is 27.9 Å². The van der Waals surface area contributed by atoms with Crippen molar-refractivity contribution in [3.63, 3.8) is 0 Å². The second kappa shape index (κ2) is 8.94. The van der Waals surface area contributed by atoms with Crippen molar-refractivity contribution < 1.29 is 22.5 Å². The molecule has 168 valence electrons. The van der Waals surface area contributed by atoms with Crippen LogP contribution in [0.15, 0.2) is 10.6 Å². The molecule has 9 nitrogen and oxygen atoms in total. The first-order chi connectivity index (χ1) is 14.4. The molecule has 0 spiro atoms. The number of amides is 1. The van der Waals surface area contributed by atoms with E-state index < -0.39 is 15.6 Å². The predicted octanol–water partition coefficient (Wildman–Crippen LogP) is 1.28. The number of ether oxygens (including phenoxy) is 1. The molecule has 1 aliphatic carbocycles. The SMILES string of the molecule is CNC(=O)[C@]1(Cc2cc(C3CCCCC3)no2)CCN(S(=O)(=O)N2CCOCC2)C1. The molecule has 3 aliphatic rings. The third-order valence-electron chi connectivity index (χ3n) is 6.76. The molecule has 0 aromatic carbocycles. The Morgan fingerprint density at radius 3 is 2.63 bits per heavy atom. The van der Waals surface area contributed by atoms with Crippen LogP contribution in [0.5, 0.6) is 0 Å². The molecule has 4 rings (SSSR count). The number of rotatable bonds is 6. The monoisotopic (exact) mass is 440 g/mol. The average Bonchev–Trinajstić information content (AvgIpc) is 3.43. The molecule has 3 heterocycles. The molecule has 2 saturated heterocycles. The molecular weight excluding hydrogens is 408 g/mol. The Balaban J connectivity index is 1.50. The summed E-state index contributed by atoms with van der Waals surface area (Å²) in [6.45, 7) is 1.95. The number of morpholine rings is 1. The summed E-state index contributed by atoms with van der Waals surface area (Å²) in [4.78, 5) is 12.9. The van der Waals surface area contributed by atoms with Crippen molar-refractivity contribution in [2.75, 3.05) is 46.4 Å². The Labute approximate surface area is 178 Å². The lowest BCUT2D eigenvalue weighted by molar-refractivity contribution is -0.130. The highest BCUT2D eigenvalue weighted by Gasteiger charge is 2.49. The Hall–Kier alpha value is -1.49. The van der Waals surface area contributed by atoms with Gasteiger partial charge in [-0.05, 0) is 19.3 Å². The normalized spacial score (nSPS) is 27.4. The Morgan fingerprint density at radius 2 is 1.93 bits per heavy atom. The second-order valence-corrected chi connectivity index (χ2v) is 10.6. The fourth-order valence-corrected chi connectivity index (χ4v) is 6.65. The van der Waals surface area contributed by atoms with E-state index in [-0.39, 0.29) is 12.5 Å². The zero-order valence-electron chi connectivity index (χ0n) is 17.6. The second-order valence-electron chi connectivity index (χ2n) is 8.69. The van der Waals surface area contributed by atoms with Crippen molar-refractivity contribution in [2.45, 2.75) is 50.9 Å². The summed E-state index contributed by atoms with van der Waals surface area (Å²) in [5.74, 6) is 0.927. The van der Waals surface area contributed by atoms with Crippen LogP contribution in [-0.4, -0.2) is 74.5 Å². The summed E-state index contributed by atoms with van der Waals surface area (Å²) < 4.78 is 39.9. The average molecular weight is 441 g/mol. The maximum absolute atomic E-state index is 13.1. The zero-order valence-corrected chi connectivity index (χ0v) is 18.5. The van der Waals surface area contributed by atoms with Gasteiger partial charge in [0.1, 0.15) is 5.76 Å². The van der Waals surface area contributed by atoms with E-state index in [2.05, 4.69) is 10.5 Å². The lowest BCUT2D eigenvalue weighted by atomic mass is 9.81. The first-order valence-electron chi connectivity index (χ1n) is 11.0. The summed E-state index contributed by atoms with van der Waals surface area (Å²) in [5, 5.41) is 7.01. The highest BCUT2D eigenvalue weighted by Crippen LogP contribution is 2.38. The molecule has 1 N–H and O–H groups in total. The molecule has 0 radical (unpaired) electrons. The third-order valence-corrected chi connectivity index (χ3v) is 8.75. The van der Waals surface area contributed by atoms with E-state index in [0.29, 0.717) is 57.4 Å². The van der Waals surface area contributed by atoms with Crippen LogP contribution in [0.2, 0.25) is 0 Å². The van der Waals surface area contributed by atoms with Gasteiger partial charge in [0.15, 0.2) is 0 Å². The minimum Gasteiger partial charge on any atom is -0.379 e. The Morgan fingerprint density at radius 1 is 1.20 bits per heavy atom. The van der Waals surface area contributed by atoms with Gasteiger partial charge >= 0.3 is 0 Å². The predicted molar refractivity (Wildman–Crippen MR) is 110 cm³/mol. The van der Waals surface area contributed by atoms with Crippen LogP contribution in [0.3, 0.4) is 0 Å². The third kappa shape index (κ3) is 4.28. The van der Waals surface area contributed by atoms with Crippen LogP contribution in [0.1, 0.15) is 55.9 Å². The van der Waals surface area contributed by atoms with E-state index in [0.717, 1.165) is 18.5 Å². The minimum atomic E-state index is -3.62. The number of nitrogens with zero attached hydrogens (tertiary/aromatic N) is 3. The lowest BCUT2D eigenvalue weighted by Gasteiger charge is -2.31. The van der Waals surface area contributed by atoms with Gasteiger partial charge in [0.25, 0.3) is 10.2 Å². The Bertz CT molecular complexity index is 845. The van der Waals surface area contributed by atoms with Crippen molar-refractivity contribution in [1.82, 2.24) is 19.1 Å². The van der Waals surface area contributed by atoms with Crippen LogP contribution in [0, 0.1) is 5.41 Å². The number of hydrogen-bond acceptors (Lipinski definition) is 6.